The summed E-state index contributed by atoms with van der Waals surface area (Å²) in [6, 6.07) is 0. The van der Waals surface area contributed by atoms with E-state index in [0.29, 0.717) is 0 Å². The van der Waals surface area contributed by atoms with Gasteiger partial charge in [0.25, 0.3) is 0 Å². The lowest BCUT2D eigenvalue weighted by molar-refractivity contribution is 0.598. The molecule has 5 heavy (non-hydrogen) atoms. The number of halogens is 1. The van der Waals surface area contributed by atoms with Crippen LogP contribution in [-0.4, -0.2) is 4.57 Å². The number of hydrogen-bond acceptors (Lipinski definition) is 1. The van der Waals surface area contributed by atoms with Crippen molar-refractivity contribution in [1.29, 1.82) is 0 Å². The van der Waals surface area contributed by atoms with Crippen LogP contribution in [0.1, 0.15) is 6.92 Å². The zero-order valence-electron chi connectivity index (χ0n) is 2.81. The summed E-state index contributed by atoms with van der Waals surface area (Å²) < 4.78 is 9.67. The van der Waals surface area contributed by atoms with Gasteiger partial charge in [0, 0.05) is 0 Å². The van der Waals surface area contributed by atoms with Crippen LogP contribution < -0.4 is 0 Å². The van der Waals surface area contributed by atoms with Gasteiger partial charge in [-0.15, -0.1) is 0 Å². The molecule has 1 atom stereocenters. The average molecular weight is 155 g/mol. The lowest BCUT2D eigenvalue weighted by atomic mass is 11.0. The molecule has 0 N–H and O–H groups in total. The quantitative estimate of drug-likeness (QED) is 0.418. The second kappa shape index (κ2) is 2.80. The van der Waals surface area contributed by atoms with Gasteiger partial charge in [0.2, 0.25) is 0 Å². The monoisotopic (exact) mass is 154 g/mol. The molecule has 0 amide bonds. The normalized spacial score (nSPS) is 15.6. The molecule has 0 fully saturated rings. The Bertz CT molecular complexity index is 36.6. The smallest absolute Gasteiger partial charge is 0.170 e. The van der Waals surface area contributed by atoms with E-state index in [1.807, 2.05) is 6.92 Å². The minimum atomic E-state index is 0.113. The second-order valence-corrected chi connectivity index (χ2v) is 3.75. The first kappa shape index (κ1) is 5.58. The molecule has 0 saturated carbocycles. The molecular weight excluding hydrogens is 151 g/mol. The van der Waals surface area contributed by atoms with Crippen molar-refractivity contribution in [3.8, 4) is 0 Å². The van der Waals surface area contributed by atoms with Crippen molar-refractivity contribution in [2.24, 2.45) is 0 Å². The molecule has 0 heterocycles. The van der Waals surface area contributed by atoms with Crippen LogP contribution in [0.3, 0.4) is 0 Å². The fourth-order valence-electron chi connectivity index (χ4n) is 0. The van der Waals surface area contributed by atoms with Gasteiger partial charge >= 0.3 is 0 Å². The van der Waals surface area contributed by atoms with Crippen molar-refractivity contribution < 1.29 is 4.57 Å². The van der Waals surface area contributed by atoms with E-state index in [0.717, 1.165) is 0 Å². The molecule has 1 nitrogen and oxygen atoms in total. The van der Waals surface area contributed by atoms with Gasteiger partial charge in [-0.3, -0.25) is 4.57 Å². The first-order valence-corrected chi connectivity index (χ1v) is 3.03. The summed E-state index contributed by atoms with van der Waals surface area (Å²) >= 11 is 3.05. The Labute approximate surface area is 41.1 Å². The summed E-state index contributed by atoms with van der Waals surface area (Å²) in [6.45, 7) is 1.81. The van der Waals surface area contributed by atoms with E-state index in [1.165, 1.54) is 0 Å². The van der Waals surface area contributed by atoms with Crippen molar-refractivity contribution in [3.05, 3.63) is 0 Å². The average Bonchev–Trinajstić information content (AvgIpc) is 1.38. The van der Waals surface area contributed by atoms with Crippen LogP contribution in [0.5, 0.6) is 0 Å². The molecule has 1 unspecified atom stereocenters. The largest absolute Gasteiger partial charge is 0.274 e. The van der Waals surface area contributed by atoms with E-state index < -0.39 is 0 Å². The highest BCUT2D eigenvalue weighted by molar-refractivity contribution is 9.10. The van der Waals surface area contributed by atoms with Crippen LogP contribution in [0.15, 0.2) is 0 Å². The standard InChI is InChI=1S/C2H4BrOP/c1-2(3)5-4/h2H,1H3. The van der Waals surface area contributed by atoms with E-state index in [2.05, 4.69) is 15.9 Å². The summed E-state index contributed by atoms with van der Waals surface area (Å²) in [7, 11) is 0.164. The van der Waals surface area contributed by atoms with Crippen LogP contribution in [0, 0.1) is 0 Å². The fourth-order valence-corrected chi connectivity index (χ4v) is 0. The van der Waals surface area contributed by atoms with E-state index >= 15 is 0 Å². The van der Waals surface area contributed by atoms with Gasteiger partial charge in [-0.2, -0.15) is 0 Å². The highest BCUT2D eigenvalue weighted by Crippen LogP contribution is 2.10. The van der Waals surface area contributed by atoms with Crippen molar-refractivity contribution in [2.45, 2.75) is 11.5 Å². The fraction of sp³-hybridized carbons (Fsp3) is 1.00. The molecule has 3 heteroatoms. The minimum absolute atomic E-state index is 0.113. The van der Waals surface area contributed by atoms with Gasteiger partial charge in [0.1, 0.15) is 0 Å². The van der Waals surface area contributed by atoms with Crippen LogP contribution in [-0.2, 0) is 4.57 Å². The molecule has 0 aliphatic carbocycles. The Hall–Kier alpha value is 0.580. The van der Waals surface area contributed by atoms with Gasteiger partial charge in [-0.25, -0.2) is 0 Å². The highest BCUT2D eigenvalue weighted by atomic mass is 79.9. The Morgan fingerprint density at radius 3 is 2.20 bits per heavy atom. The third-order valence-electron chi connectivity index (χ3n) is 0.145. The summed E-state index contributed by atoms with van der Waals surface area (Å²) in [5.74, 6) is 0. The Balaban J connectivity index is 2.83. The van der Waals surface area contributed by atoms with Crippen LogP contribution in [0.2, 0.25) is 0 Å². The van der Waals surface area contributed by atoms with E-state index in [9.17, 15) is 4.57 Å². The predicted molar refractivity (Wildman–Crippen MR) is 26.0 cm³/mol. The van der Waals surface area contributed by atoms with Gasteiger partial charge in [-0.1, -0.05) is 15.9 Å². The molecule has 0 aliphatic heterocycles. The lowest BCUT2D eigenvalue weighted by Gasteiger charge is -1.74. The Morgan fingerprint density at radius 1 is 2.00 bits per heavy atom. The van der Waals surface area contributed by atoms with Crippen molar-refractivity contribution in [1.82, 2.24) is 0 Å². The lowest BCUT2D eigenvalue weighted by Crippen LogP contribution is -1.63. The predicted octanol–water partition coefficient (Wildman–Crippen LogP) is 2.02. The molecule has 0 aliphatic rings. The summed E-state index contributed by atoms with van der Waals surface area (Å²) in [5, 5.41) is 0. The summed E-state index contributed by atoms with van der Waals surface area (Å²) in [5.41, 5.74) is 0. The molecule has 0 rings (SSSR count). The number of rotatable bonds is 1. The molecule has 0 aromatic carbocycles. The van der Waals surface area contributed by atoms with E-state index in [1.54, 1.807) is 0 Å². The Kier molecular flexibility index (Phi) is 3.12. The van der Waals surface area contributed by atoms with Crippen molar-refractivity contribution in [3.63, 3.8) is 0 Å². The SMILES string of the molecule is CC(Br)P=O. The van der Waals surface area contributed by atoms with Crippen LogP contribution in [0.25, 0.3) is 0 Å². The zero-order chi connectivity index (χ0) is 4.28. The summed E-state index contributed by atoms with van der Waals surface area (Å²) in [4.78, 5) is 0. The topological polar surface area (TPSA) is 17.1 Å². The molecule has 0 spiro atoms. The second-order valence-electron chi connectivity index (χ2n) is 0.679. The van der Waals surface area contributed by atoms with Crippen LogP contribution in [0.4, 0.5) is 0 Å². The minimum Gasteiger partial charge on any atom is -0.274 e. The van der Waals surface area contributed by atoms with Gasteiger partial charge in [-0.05, 0) is 6.92 Å². The maximum atomic E-state index is 9.55. The van der Waals surface area contributed by atoms with E-state index in [-0.39, 0.29) is 13.0 Å². The summed E-state index contributed by atoms with van der Waals surface area (Å²) in [6.07, 6.45) is 0. The highest BCUT2D eigenvalue weighted by Gasteiger charge is 1.84. The molecule has 0 saturated heterocycles. The third-order valence-corrected chi connectivity index (χ3v) is 0.937. The Morgan fingerprint density at radius 2 is 2.20 bits per heavy atom. The van der Waals surface area contributed by atoms with Gasteiger partial charge < -0.3 is 0 Å². The van der Waals surface area contributed by atoms with Crippen LogP contribution >= 0.6 is 24.4 Å². The molecular formula is C2H4BrOP. The number of alkyl halides is 1. The van der Waals surface area contributed by atoms with E-state index in [4.69, 9.17) is 0 Å². The van der Waals surface area contributed by atoms with Crippen molar-refractivity contribution in [2.75, 3.05) is 0 Å². The molecule has 0 bridgehead atoms. The zero-order valence-corrected chi connectivity index (χ0v) is 5.29. The molecule has 0 radical (unpaired) electrons. The first-order chi connectivity index (χ1) is 2.27. The molecule has 0 aromatic heterocycles. The number of hydrogen-bond donors (Lipinski definition) is 0. The van der Waals surface area contributed by atoms with Gasteiger partial charge in [0.05, 0.1) is 4.57 Å². The molecule has 0 aromatic rings. The maximum absolute atomic E-state index is 9.55. The maximum Gasteiger partial charge on any atom is 0.170 e. The third kappa shape index (κ3) is 4.58. The van der Waals surface area contributed by atoms with Gasteiger partial charge in [0.15, 0.2) is 8.46 Å². The van der Waals surface area contributed by atoms with Crippen molar-refractivity contribution >= 4 is 24.4 Å². The first-order valence-electron chi connectivity index (χ1n) is 1.24. The molecule has 30 valence electrons.